The standard InChI is InChI=1S/C21H30N2O6/c1-13-6-5-7-18(14(13)2)23-19(24)12-29-20(25)11-22-21(26)15-8-16(27-3)10-17(9-15)28-4/h8-10,13-14,18H,5-7,11-12H2,1-4H3,(H,22,26)(H,23,24)/t13-,14+,18+/m0/s1. The first kappa shape index (κ1) is 22.5. The summed E-state index contributed by atoms with van der Waals surface area (Å²) in [5.41, 5.74) is 0.284. The van der Waals surface area contributed by atoms with Gasteiger partial charge in [0.2, 0.25) is 0 Å². The number of ether oxygens (including phenoxy) is 3. The highest BCUT2D eigenvalue weighted by Gasteiger charge is 2.28. The van der Waals surface area contributed by atoms with Gasteiger partial charge in [0.25, 0.3) is 11.8 Å². The van der Waals surface area contributed by atoms with Gasteiger partial charge in [0.1, 0.15) is 18.0 Å². The van der Waals surface area contributed by atoms with E-state index in [4.69, 9.17) is 14.2 Å². The van der Waals surface area contributed by atoms with E-state index in [-0.39, 0.29) is 30.7 Å². The van der Waals surface area contributed by atoms with Gasteiger partial charge in [-0.25, -0.2) is 0 Å². The van der Waals surface area contributed by atoms with E-state index < -0.39 is 11.9 Å². The van der Waals surface area contributed by atoms with Crippen molar-refractivity contribution in [2.24, 2.45) is 11.8 Å². The van der Waals surface area contributed by atoms with Crippen LogP contribution in [0.2, 0.25) is 0 Å². The third kappa shape index (κ3) is 6.66. The molecule has 0 bridgehead atoms. The van der Waals surface area contributed by atoms with Crippen LogP contribution in [0.1, 0.15) is 43.5 Å². The molecule has 1 fully saturated rings. The SMILES string of the molecule is COc1cc(OC)cc(C(=O)NCC(=O)OCC(=O)N[C@@H]2CCC[C@H](C)[C@H]2C)c1. The lowest BCUT2D eigenvalue weighted by Crippen LogP contribution is -2.45. The summed E-state index contributed by atoms with van der Waals surface area (Å²) in [4.78, 5) is 36.2. The van der Waals surface area contributed by atoms with Crippen molar-refractivity contribution in [3.05, 3.63) is 23.8 Å². The third-order valence-corrected chi connectivity index (χ3v) is 5.42. The van der Waals surface area contributed by atoms with Crippen LogP contribution in [-0.4, -0.2) is 51.2 Å². The van der Waals surface area contributed by atoms with Crippen molar-refractivity contribution in [3.63, 3.8) is 0 Å². The molecule has 0 saturated heterocycles. The van der Waals surface area contributed by atoms with E-state index >= 15 is 0 Å². The smallest absolute Gasteiger partial charge is 0.325 e. The number of carbonyl (C=O) groups excluding carboxylic acids is 3. The number of nitrogens with one attached hydrogen (secondary N) is 2. The molecular weight excluding hydrogens is 376 g/mol. The quantitative estimate of drug-likeness (QED) is 0.640. The number of carbonyl (C=O) groups is 3. The second kappa shape index (κ2) is 10.7. The number of methoxy groups -OCH3 is 2. The van der Waals surface area contributed by atoms with E-state index in [1.807, 2.05) is 0 Å². The van der Waals surface area contributed by atoms with Crippen LogP contribution in [0.15, 0.2) is 18.2 Å². The fourth-order valence-electron chi connectivity index (χ4n) is 3.42. The third-order valence-electron chi connectivity index (χ3n) is 5.42. The fourth-order valence-corrected chi connectivity index (χ4v) is 3.42. The molecule has 0 unspecified atom stereocenters. The highest BCUT2D eigenvalue weighted by Crippen LogP contribution is 2.29. The van der Waals surface area contributed by atoms with Gasteiger partial charge in [-0.2, -0.15) is 0 Å². The van der Waals surface area contributed by atoms with Gasteiger partial charge in [-0.3, -0.25) is 14.4 Å². The van der Waals surface area contributed by atoms with E-state index in [9.17, 15) is 14.4 Å². The largest absolute Gasteiger partial charge is 0.497 e. The number of esters is 1. The summed E-state index contributed by atoms with van der Waals surface area (Å²) in [5.74, 6) is 0.375. The summed E-state index contributed by atoms with van der Waals surface area (Å²) >= 11 is 0. The summed E-state index contributed by atoms with van der Waals surface area (Å²) in [6.45, 7) is 3.61. The van der Waals surface area contributed by atoms with Crippen LogP contribution in [0.4, 0.5) is 0 Å². The van der Waals surface area contributed by atoms with Crippen molar-refractivity contribution in [2.75, 3.05) is 27.4 Å². The van der Waals surface area contributed by atoms with Crippen molar-refractivity contribution in [1.82, 2.24) is 10.6 Å². The maximum Gasteiger partial charge on any atom is 0.325 e. The lowest BCUT2D eigenvalue weighted by atomic mass is 9.78. The molecule has 0 aromatic heterocycles. The summed E-state index contributed by atoms with van der Waals surface area (Å²) in [5, 5.41) is 5.40. The minimum absolute atomic E-state index is 0.104. The van der Waals surface area contributed by atoms with Crippen LogP contribution in [0.5, 0.6) is 11.5 Å². The van der Waals surface area contributed by atoms with Crippen molar-refractivity contribution in [1.29, 1.82) is 0 Å². The molecule has 0 aliphatic heterocycles. The molecule has 3 atom stereocenters. The Kier molecular flexibility index (Phi) is 8.30. The minimum Gasteiger partial charge on any atom is -0.497 e. The Balaban J connectivity index is 1.76. The zero-order valence-corrected chi connectivity index (χ0v) is 17.4. The highest BCUT2D eigenvalue weighted by atomic mass is 16.5. The first-order valence-corrected chi connectivity index (χ1v) is 9.80. The van der Waals surface area contributed by atoms with Crippen LogP contribution < -0.4 is 20.1 Å². The van der Waals surface area contributed by atoms with Gasteiger partial charge in [0, 0.05) is 17.7 Å². The van der Waals surface area contributed by atoms with E-state index in [0.29, 0.717) is 23.3 Å². The molecule has 0 spiro atoms. The molecule has 0 heterocycles. The molecule has 8 nitrogen and oxygen atoms in total. The Morgan fingerprint density at radius 3 is 2.31 bits per heavy atom. The predicted octanol–water partition coefficient (Wildman–Crippen LogP) is 1.92. The highest BCUT2D eigenvalue weighted by molar-refractivity contribution is 5.96. The molecule has 1 saturated carbocycles. The molecule has 2 rings (SSSR count). The Morgan fingerprint density at radius 2 is 1.69 bits per heavy atom. The van der Waals surface area contributed by atoms with Gasteiger partial charge in [-0.1, -0.05) is 26.7 Å². The molecule has 1 aliphatic rings. The fraction of sp³-hybridized carbons (Fsp3) is 0.571. The van der Waals surface area contributed by atoms with Gasteiger partial charge in [-0.05, 0) is 30.4 Å². The predicted molar refractivity (Wildman–Crippen MR) is 107 cm³/mol. The van der Waals surface area contributed by atoms with Gasteiger partial charge in [0.15, 0.2) is 6.61 Å². The van der Waals surface area contributed by atoms with Crippen LogP contribution in [0, 0.1) is 11.8 Å². The Hall–Kier alpha value is -2.77. The average Bonchev–Trinajstić information content (AvgIpc) is 2.73. The zero-order valence-electron chi connectivity index (χ0n) is 17.4. The monoisotopic (exact) mass is 406 g/mol. The topological polar surface area (TPSA) is 103 Å². The van der Waals surface area contributed by atoms with Crippen molar-refractivity contribution >= 4 is 17.8 Å². The number of rotatable bonds is 8. The molecule has 160 valence electrons. The second-order valence-corrected chi connectivity index (χ2v) is 7.39. The molecule has 1 aliphatic carbocycles. The summed E-state index contributed by atoms with van der Waals surface area (Å²) in [7, 11) is 2.96. The summed E-state index contributed by atoms with van der Waals surface area (Å²) in [6, 6.07) is 4.80. The lowest BCUT2D eigenvalue weighted by Gasteiger charge is -2.34. The lowest BCUT2D eigenvalue weighted by molar-refractivity contribution is -0.147. The zero-order chi connectivity index (χ0) is 21.4. The first-order chi connectivity index (χ1) is 13.8. The normalized spacial score (nSPS) is 21.0. The summed E-state index contributed by atoms with van der Waals surface area (Å²) < 4.78 is 15.2. The van der Waals surface area contributed by atoms with Crippen molar-refractivity contribution < 1.29 is 28.6 Å². The minimum atomic E-state index is -0.687. The Labute approximate surface area is 171 Å². The maximum atomic E-state index is 12.2. The van der Waals surface area contributed by atoms with E-state index in [1.165, 1.54) is 32.8 Å². The number of hydrogen-bond acceptors (Lipinski definition) is 6. The van der Waals surface area contributed by atoms with Crippen LogP contribution in [0.3, 0.4) is 0 Å². The van der Waals surface area contributed by atoms with E-state index in [0.717, 1.165) is 12.8 Å². The molecule has 8 heteroatoms. The van der Waals surface area contributed by atoms with Gasteiger partial charge < -0.3 is 24.8 Å². The summed E-state index contributed by atoms with van der Waals surface area (Å²) in [6.07, 6.45) is 3.18. The van der Waals surface area contributed by atoms with Gasteiger partial charge in [-0.15, -0.1) is 0 Å². The molecular formula is C21H30N2O6. The van der Waals surface area contributed by atoms with Gasteiger partial charge >= 0.3 is 5.97 Å². The number of hydrogen-bond donors (Lipinski definition) is 2. The molecule has 0 radical (unpaired) electrons. The van der Waals surface area contributed by atoms with E-state index in [2.05, 4.69) is 24.5 Å². The number of amides is 2. The first-order valence-electron chi connectivity index (χ1n) is 9.80. The molecule has 2 N–H and O–H groups in total. The number of benzene rings is 1. The molecule has 1 aromatic carbocycles. The maximum absolute atomic E-state index is 12.2. The van der Waals surface area contributed by atoms with Crippen LogP contribution in [0.25, 0.3) is 0 Å². The van der Waals surface area contributed by atoms with Crippen LogP contribution >= 0.6 is 0 Å². The molecule has 29 heavy (non-hydrogen) atoms. The van der Waals surface area contributed by atoms with E-state index in [1.54, 1.807) is 6.07 Å². The molecule has 1 aromatic rings. The average molecular weight is 406 g/mol. The van der Waals surface area contributed by atoms with Crippen molar-refractivity contribution in [2.45, 2.75) is 39.2 Å². The van der Waals surface area contributed by atoms with Crippen LogP contribution in [-0.2, 0) is 14.3 Å². The Morgan fingerprint density at radius 1 is 1.03 bits per heavy atom. The molecule has 2 amide bonds. The second-order valence-electron chi connectivity index (χ2n) is 7.39. The Bertz CT molecular complexity index is 714. The van der Waals surface area contributed by atoms with Gasteiger partial charge in [0.05, 0.1) is 14.2 Å². The van der Waals surface area contributed by atoms with Crippen molar-refractivity contribution in [3.8, 4) is 11.5 Å².